The smallest absolute Gasteiger partial charge is 0.321 e. The normalized spacial score (nSPS) is 22.0. The van der Waals surface area contributed by atoms with Crippen molar-refractivity contribution in [1.82, 2.24) is 14.8 Å². The lowest BCUT2D eigenvalue weighted by Crippen LogP contribution is -2.68. The van der Waals surface area contributed by atoms with Gasteiger partial charge in [0, 0.05) is 60.3 Å². The van der Waals surface area contributed by atoms with Crippen molar-refractivity contribution < 1.29 is 9.90 Å². The summed E-state index contributed by atoms with van der Waals surface area (Å²) in [6.45, 7) is 2.44. The number of para-hydroxylation sites is 1. The van der Waals surface area contributed by atoms with Crippen LogP contribution in [0.25, 0.3) is 0 Å². The Morgan fingerprint density at radius 1 is 0.971 bits per heavy atom. The van der Waals surface area contributed by atoms with Gasteiger partial charge >= 0.3 is 6.03 Å². The van der Waals surface area contributed by atoms with Gasteiger partial charge in [-0.05, 0) is 61.3 Å². The van der Waals surface area contributed by atoms with Crippen LogP contribution in [0.4, 0.5) is 10.5 Å². The van der Waals surface area contributed by atoms with E-state index in [1.54, 1.807) is 12.4 Å². The average molecular weight is 467 g/mol. The van der Waals surface area contributed by atoms with Crippen molar-refractivity contribution in [3.63, 3.8) is 0 Å². The molecule has 0 unspecified atom stereocenters. The molecule has 0 spiro atoms. The van der Waals surface area contributed by atoms with E-state index in [9.17, 15) is 9.90 Å². The van der Waals surface area contributed by atoms with E-state index in [0.717, 1.165) is 42.7 Å². The van der Waals surface area contributed by atoms with E-state index >= 15 is 0 Å². The number of benzene rings is 2. The van der Waals surface area contributed by atoms with Crippen molar-refractivity contribution in [2.45, 2.75) is 30.8 Å². The molecule has 1 aromatic heterocycles. The molecule has 3 atom stereocenters. The molecule has 2 N–H and O–H groups in total. The molecular formula is C29H30N4O2. The lowest BCUT2D eigenvalue weighted by atomic mass is 9.74. The number of aromatic nitrogens is 1. The summed E-state index contributed by atoms with van der Waals surface area (Å²) in [6.07, 6.45) is 5.46. The highest BCUT2D eigenvalue weighted by molar-refractivity contribution is 5.89. The third-order valence-electron chi connectivity index (χ3n) is 6.99. The molecule has 2 amide bonds. The van der Waals surface area contributed by atoms with E-state index in [1.807, 2.05) is 59.5 Å². The molecule has 0 bridgehead atoms. The van der Waals surface area contributed by atoms with Crippen molar-refractivity contribution in [2.75, 3.05) is 31.6 Å². The SMILES string of the molecule is O=C(Nc1ccccc1)N1CCCCN2[C@H](CO)[C@@H](c3ccc(C#Cc4cccnc4)cc3)[C@@H]2C1. The fourth-order valence-electron chi connectivity index (χ4n) is 5.22. The second-order valence-corrected chi connectivity index (χ2v) is 9.14. The Bertz CT molecular complexity index is 1190. The number of pyridine rings is 1. The van der Waals surface area contributed by atoms with Gasteiger partial charge in [-0.1, -0.05) is 42.2 Å². The number of nitrogens with zero attached hydrogens (tertiary/aromatic N) is 3. The molecule has 2 aromatic carbocycles. The van der Waals surface area contributed by atoms with E-state index in [0.29, 0.717) is 6.54 Å². The number of nitrogens with one attached hydrogen (secondary N) is 1. The zero-order valence-corrected chi connectivity index (χ0v) is 19.7. The molecule has 0 aliphatic carbocycles. The number of aliphatic hydroxyl groups is 1. The summed E-state index contributed by atoms with van der Waals surface area (Å²) < 4.78 is 0. The van der Waals surface area contributed by atoms with E-state index < -0.39 is 0 Å². The quantitative estimate of drug-likeness (QED) is 0.574. The van der Waals surface area contributed by atoms with Gasteiger partial charge in [-0.15, -0.1) is 0 Å². The molecule has 178 valence electrons. The first kappa shape index (κ1) is 23.1. The Kier molecular flexibility index (Phi) is 7.08. The van der Waals surface area contributed by atoms with Gasteiger partial charge in [-0.25, -0.2) is 4.79 Å². The van der Waals surface area contributed by atoms with Crippen LogP contribution in [-0.4, -0.2) is 64.2 Å². The fourth-order valence-corrected chi connectivity index (χ4v) is 5.22. The van der Waals surface area contributed by atoms with Crippen LogP contribution in [0.15, 0.2) is 79.1 Å². The highest BCUT2D eigenvalue weighted by Crippen LogP contribution is 2.42. The van der Waals surface area contributed by atoms with Crippen LogP contribution >= 0.6 is 0 Å². The Balaban J connectivity index is 1.32. The molecule has 0 radical (unpaired) electrons. The molecule has 2 aliphatic heterocycles. The zero-order valence-electron chi connectivity index (χ0n) is 19.7. The van der Waals surface area contributed by atoms with E-state index in [4.69, 9.17) is 0 Å². The van der Waals surface area contributed by atoms with Crippen LogP contribution in [0.3, 0.4) is 0 Å². The van der Waals surface area contributed by atoms with Gasteiger partial charge in [0.2, 0.25) is 0 Å². The van der Waals surface area contributed by atoms with Crippen molar-refractivity contribution in [2.24, 2.45) is 0 Å². The highest BCUT2D eigenvalue weighted by Gasteiger charge is 2.49. The number of anilines is 1. The van der Waals surface area contributed by atoms with Gasteiger partial charge < -0.3 is 15.3 Å². The Morgan fingerprint density at radius 3 is 2.49 bits per heavy atom. The number of carbonyl (C=O) groups is 1. The van der Waals surface area contributed by atoms with Crippen LogP contribution in [-0.2, 0) is 0 Å². The third kappa shape index (κ3) is 5.22. The predicted molar refractivity (Wildman–Crippen MR) is 137 cm³/mol. The van der Waals surface area contributed by atoms with E-state index in [2.05, 4.69) is 39.2 Å². The molecule has 6 heteroatoms. The molecule has 2 fully saturated rings. The third-order valence-corrected chi connectivity index (χ3v) is 6.99. The number of rotatable bonds is 3. The number of urea groups is 1. The second kappa shape index (κ2) is 10.7. The summed E-state index contributed by atoms with van der Waals surface area (Å²) in [5.74, 6) is 6.51. The van der Waals surface area contributed by atoms with Crippen LogP contribution in [0, 0.1) is 11.8 Å². The lowest BCUT2D eigenvalue weighted by Gasteiger charge is -2.57. The van der Waals surface area contributed by atoms with E-state index in [1.165, 1.54) is 5.56 Å². The minimum Gasteiger partial charge on any atom is -0.395 e. The van der Waals surface area contributed by atoms with Crippen LogP contribution in [0.1, 0.15) is 35.4 Å². The maximum absolute atomic E-state index is 13.1. The maximum atomic E-state index is 13.1. The molecule has 6 nitrogen and oxygen atoms in total. The molecule has 2 saturated heterocycles. The van der Waals surface area contributed by atoms with Gasteiger partial charge in [0.25, 0.3) is 0 Å². The van der Waals surface area contributed by atoms with Gasteiger partial charge in [-0.3, -0.25) is 9.88 Å². The number of hydrogen-bond acceptors (Lipinski definition) is 4. The van der Waals surface area contributed by atoms with Crippen molar-refractivity contribution in [1.29, 1.82) is 0 Å². The number of carbonyl (C=O) groups excluding carboxylic acids is 1. The first-order valence-corrected chi connectivity index (χ1v) is 12.2. The van der Waals surface area contributed by atoms with E-state index in [-0.39, 0.29) is 30.6 Å². The van der Waals surface area contributed by atoms with Crippen LogP contribution < -0.4 is 5.32 Å². The topological polar surface area (TPSA) is 68.7 Å². The fraction of sp³-hybridized carbons (Fsp3) is 0.310. The summed E-state index contributed by atoms with van der Waals surface area (Å²) in [7, 11) is 0. The standard InChI is InChI=1S/C29H30N4O2/c34-21-27-28(24-14-12-22(13-15-24)10-11-23-7-6-16-30-19-23)26-20-32(17-4-5-18-33(26)27)29(35)31-25-8-2-1-3-9-25/h1-3,6-9,12-16,19,26-28,34H,4-5,17-18,20-21H2,(H,31,35)/t26-,27+,28-/m0/s1. The zero-order chi connectivity index (χ0) is 24.0. The highest BCUT2D eigenvalue weighted by atomic mass is 16.3. The Labute approximate surface area is 206 Å². The number of hydrogen-bond donors (Lipinski definition) is 2. The van der Waals surface area contributed by atoms with Crippen LogP contribution in [0.5, 0.6) is 0 Å². The first-order chi connectivity index (χ1) is 17.2. The van der Waals surface area contributed by atoms with Crippen molar-refractivity contribution in [3.05, 3.63) is 95.8 Å². The van der Waals surface area contributed by atoms with Gasteiger partial charge in [0.1, 0.15) is 0 Å². The summed E-state index contributed by atoms with van der Waals surface area (Å²) >= 11 is 0. The first-order valence-electron chi connectivity index (χ1n) is 12.2. The number of amides is 2. The maximum Gasteiger partial charge on any atom is 0.321 e. The molecule has 3 aromatic rings. The van der Waals surface area contributed by atoms with Gasteiger partial charge in [0.15, 0.2) is 0 Å². The summed E-state index contributed by atoms with van der Waals surface area (Å²) in [6, 6.07) is 21.9. The molecular weight excluding hydrogens is 436 g/mol. The lowest BCUT2D eigenvalue weighted by molar-refractivity contribution is -0.0585. The number of fused-ring (bicyclic) bond motifs is 1. The average Bonchev–Trinajstić information content (AvgIpc) is 2.88. The largest absolute Gasteiger partial charge is 0.395 e. The summed E-state index contributed by atoms with van der Waals surface area (Å²) in [5.41, 5.74) is 3.81. The van der Waals surface area contributed by atoms with Crippen LogP contribution in [0.2, 0.25) is 0 Å². The molecule has 35 heavy (non-hydrogen) atoms. The monoisotopic (exact) mass is 466 g/mol. The Morgan fingerprint density at radius 2 is 1.74 bits per heavy atom. The minimum absolute atomic E-state index is 0.0646. The number of aliphatic hydroxyl groups excluding tert-OH is 1. The Hall–Kier alpha value is -3.66. The molecule has 3 heterocycles. The minimum atomic E-state index is -0.0646. The molecule has 2 aliphatic rings. The predicted octanol–water partition coefficient (Wildman–Crippen LogP) is 3.94. The van der Waals surface area contributed by atoms with Crippen molar-refractivity contribution in [3.8, 4) is 11.8 Å². The van der Waals surface area contributed by atoms with Gasteiger partial charge in [0.05, 0.1) is 6.61 Å². The summed E-state index contributed by atoms with van der Waals surface area (Å²) in [5, 5.41) is 13.2. The van der Waals surface area contributed by atoms with Gasteiger partial charge in [-0.2, -0.15) is 0 Å². The molecule has 5 rings (SSSR count). The molecule has 0 saturated carbocycles. The van der Waals surface area contributed by atoms with Crippen molar-refractivity contribution >= 4 is 11.7 Å². The summed E-state index contributed by atoms with van der Waals surface area (Å²) in [4.78, 5) is 21.5. The second-order valence-electron chi connectivity index (χ2n) is 9.14.